The van der Waals surface area contributed by atoms with Crippen LogP contribution in [0.3, 0.4) is 0 Å². The Hall–Kier alpha value is -2.48. The average molecular weight is 393 g/mol. The molecule has 3 atom stereocenters. The number of nitrogens with one attached hydrogen (secondary N) is 1. The molecule has 2 N–H and O–H groups in total. The Morgan fingerprint density at radius 3 is 2.86 bits per heavy atom. The summed E-state index contributed by atoms with van der Waals surface area (Å²) >= 11 is 0. The second kappa shape index (κ2) is 10.2. The number of aromatic nitrogens is 1. The molecule has 0 saturated carbocycles. The van der Waals surface area contributed by atoms with Gasteiger partial charge in [0, 0.05) is 14.2 Å². The molecule has 1 saturated heterocycles. The summed E-state index contributed by atoms with van der Waals surface area (Å²) in [6.07, 6.45) is 4.80. The third-order valence-electron chi connectivity index (χ3n) is 5.04. The van der Waals surface area contributed by atoms with Crippen molar-refractivity contribution in [2.75, 3.05) is 18.4 Å². The third kappa shape index (κ3) is 5.76. The van der Waals surface area contributed by atoms with Gasteiger partial charge in [-0.15, -0.1) is 0 Å². The molecule has 28 heavy (non-hydrogen) atoms. The molecule has 0 unspecified atom stereocenters. The summed E-state index contributed by atoms with van der Waals surface area (Å²) in [7, 11) is 0. The van der Waals surface area contributed by atoms with Crippen LogP contribution in [0.4, 0.5) is 5.82 Å². The molecule has 1 aliphatic rings. The van der Waals surface area contributed by atoms with Gasteiger partial charge in [-0.3, -0.25) is 19.6 Å². The lowest BCUT2D eigenvalue weighted by Gasteiger charge is -2.29. The third-order valence-corrected chi connectivity index (χ3v) is 5.04. The van der Waals surface area contributed by atoms with Gasteiger partial charge in [0.15, 0.2) is 0 Å². The van der Waals surface area contributed by atoms with E-state index in [0.717, 1.165) is 18.4 Å². The zero-order valence-corrected chi connectivity index (χ0v) is 16.8. The smallest absolute Gasteiger partial charge is 0.248 e. The fourth-order valence-electron chi connectivity index (χ4n) is 3.54. The summed E-state index contributed by atoms with van der Waals surface area (Å²) in [5.74, 6) is -0.357. The highest BCUT2D eigenvalue weighted by Gasteiger charge is 2.40. The van der Waals surface area contributed by atoms with Crippen LogP contribution in [-0.4, -0.2) is 57.5 Å². The Balaban J connectivity index is 0.00000420. The number of nitrogens with zero attached hydrogens (tertiary/aromatic N) is 3. The van der Waals surface area contributed by atoms with Gasteiger partial charge in [0.1, 0.15) is 11.9 Å². The fraction of sp³-hybridized carbons (Fsp3) is 0.600. The number of pyridine rings is 1. The summed E-state index contributed by atoms with van der Waals surface area (Å²) in [5.41, 5.74) is 0.992. The second-order valence-electron chi connectivity index (χ2n) is 7.62. The van der Waals surface area contributed by atoms with Gasteiger partial charge in [-0.2, -0.15) is 0 Å². The van der Waals surface area contributed by atoms with E-state index in [1.807, 2.05) is 26.8 Å². The number of anilines is 1. The molecule has 8 nitrogen and oxygen atoms in total. The molecule has 0 spiro atoms. The van der Waals surface area contributed by atoms with Crippen molar-refractivity contribution in [1.29, 1.82) is 0 Å². The zero-order valence-electron chi connectivity index (χ0n) is 16.8. The summed E-state index contributed by atoms with van der Waals surface area (Å²) < 4.78 is 0. The van der Waals surface area contributed by atoms with Crippen LogP contribution in [0.1, 0.15) is 46.5 Å². The largest absolute Gasteiger partial charge is 0.330 e. The zero-order chi connectivity index (χ0) is 20.7. The number of hydrogen-bond acceptors (Lipinski definition) is 5. The van der Waals surface area contributed by atoms with E-state index < -0.39 is 12.0 Å². The standard InChI is InChI=1S/C20H30N4O4.H2/c1-4-5-6-16(12-23(28)13-25)20(27)24-11-15(3)9-17(24)19(26)22-18-8-7-14(2)10-21-18;/h7-8,10,13,15-17,28H,4-6,9,11-12H2,1-3H3,(H,21,22,26);1H/t15-,16-,17+;/m1./s1. The molecule has 0 aromatic carbocycles. The van der Waals surface area contributed by atoms with Crippen LogP contribution in [-0.2, 0) is 14.4 Å². The van der Waals surface area contributed by atoms with Crippen molar-refractivity contribution in [3.63, 3.8) is 0 Å². The van der Waals surface area contributed by atoms with Crippen LogP contribution < -0.4 is 5.32 Å². The van der Waals surface area contributed by atoms with E-state index >= 15 is 0 Å². The van der Waals surface area contributed by atoms with E-state index in [1.54, 1.807) is 17.2 Å². The van der Waals surface area contributed by atoms with Crippen molar-refractivity contribution in [2.45, 2.75) is 52.5 Å². The molecular weight excluding hydrogens is 360 g/mol. The minimum atomic E-state index is -0.585. The Morgan fingerprint density at radius 1 is 1.50 bits per heavy atom. The van der Waals surface area contributed by atoms with Crippen molar-refractivity contribution in [3.8, 4) is 0 Å². The van der Waals surface area contributed by atoms with Gasteiger partial charge in [-0.1, -0.05) is 32.8 Å². The predicted molar refractivity (Wildman–Crippen MR) is 107 cm³/mol. The number of likely N-dealkylation sites (tertiary alicyclic amines) is 1. The molecule has 3 amide bonds. The van der Waals surface area contributed by atoms with E-state index in [-0.39, 0.29) is 25.7 Å². The molecular formula is C20H32N4O4. The lowest BCUT2D eigenvalue weighted by molar-refractivity contribution is -0.157. The van der Waals surface area contributed by atoms with Crippen molar-refractivity contribution in [1.82, 2.24) is 14.9 Å². The molecule has 156 valence electrons. The van der Waals surface area contributed by atoms with Gasteiger partial charge in [-0.05, 0) is 37.3 Å². The monoisotopic (exact) mass is 392 g/mol. The number of amides is 3. The topological polar surface area (TPSA) is 103 Å². The normalized spacial score (nSPS) is 19.9. The predicted octanol–water partition coefficient (Wildman–Crippen LogP) is 2.47. The minimum absolute atomic E-state index is 0. The summed E-state index contributed by atoms with van der Waals surface area (Å²) in [4.78, 5) is 42.5. The van der Waals surface area contributed by atoms with Crippen molar-refractivity contribution < 1.29 is 21.0 Å². The van der Waals surface area contributed by atoms with Crippen molar-refractivity contribution in [3.05, 3.63) is 23.9 Å². The maximum absolute atomic E-state index is 13.1. The number of hydrogen-bond donors (Lipinski definition) is 2. The maximum Gasteiger partial charge on any atom is 0.248 e. The summed E-state index contributed by atoms with van der Waals surface area (Å²) in [6.45, 7) is 6.34. The molecule has 8 heteroatoms. The number of unbranched alkanes of at least 4 members (excludes halogenated alkanes) is 1. The number of hydroxylamine groups is 2. The first-order valence-corrected chi connectivity index (χ1v) is 9.80. The van der Waals surface area contributed by atoms with Crippen LogP contribution in [0.5, 0.6) is 0 Å². The highest BCUT2D eigenvalue weighted by Crippen LogP contribution is 2.27. The molecule has 1 aliphatic heterocycles. The Labute approximate surface area is 167 Å². The highest BCUT2D eigenvalue weighted by atomic mass is 16.5. The van der Waals surface area contributed by atoms with E-state index in [2.05, 4.69) is 10.3 Å². The summed E-state index contributed by atoms with van der Waals surface area (Å²) in [6, 6.07) is 3.01. The average Bonchev–Trinajstić information content (AvgIpc) is 3.08. The first-order valence-electron chi connectivity index (χ1n) is 9.80. The van der Waals surface area contributed by atoms with E-state index in [1.165, 1.54) is 0 Å². The SMILES string of the molecule is CCCC[C@H](CN(O)C=O)C(=O)N1C[C@H](C)C[C@H]1C(=O)Nc1ccc(C)cn1.[HH]. The van der Waals surface area contributed by atoms with Gasteiger partial charge in [-0.25, -0.2) is 10.0 Å². The van der Waals surface area contributed by atoms with Gasteiger partial charge < -0.3 is 10.2 Å². The second-order valence-corrected chi connectivity index (χ2v) is 7.62. The molecule has 2 heterocycles. The number of carbonyl (C=O) groups is 3. The molecule has 0 radical (unpaired) electrons. The van der Waals surface area contributed by atoms with Gasteiger partial charge in [0.2, 0.25) is 18.2 Å². The van der Waals surface area contributed by atoms with Crippen LogP contribution in [0.15, 0.2) is 18.3 Å². The highest BCUT2D eigenvalue weighted by molar-refractivity contribution is 5.97. The van der Waals surface area contributed by atoms with Crippen LogP contribution in [0.2, 0.25) is 0 Å². The van der Waals surface area contributed by atoms with Gasteiger partial charge in [0.25, 0.3) is 0 Å². The molecule has 1 aromatic heterocycles. The van der Waals surface area contributed by atoms with Crippen molar-refractivity contribution >= 4 is 24.0 Å². The summed E-state index contributed by atoms with van der Waals surface area (Å²) in [5, 5.41) is 12.9. The van der Waals surface area contributed by atoms with Gasteiger partial charge >= 0.3 is 0 Å². The molecule has 0 aliphatic carbocycles. The Kier molecular flexibility index (Phi) is 7.92. The van der Waals surface area contributed by atoms with E-state index in [0.29, 0.717) is 36.7 Å². The van der Waals surface area contributed by atoms with Crippen molar-refractivity contribution in [2.24, 2.45) is 11.8 Å². The molecule has 2 rings (SSSR count). The quantitative estimate of drug-likeness (QED) is 0.382. The fourth-order valence-corrected chi connectivity index (χ4v) is 3.54. The maximum atomic E-state index is 13.1. The van der Waals surface area contributed by atoms with Crippen LogP contribution >= 0.6 is 0 Å². The van der Waals surface area contributed by atoms with Gasteiger partial charge in [0.05, 0.1) is 12.5 Å². The number of carbonyl (C=O) groups excluding carboxylic acids is 3. The lowest BCUT2D eigenvalue weighted by atomic mass is 9.99. The molecule has 1 fully saturated rings. The Bertz CT molecular complexity index is 686. The number of rotatable bonds is 9. The van der Waals surface area contributed by atoms with E-state index in [4.69, 9.17) is 0 Å². The first-order chi connectivity index (χ1) is 13.3. The first kappa shape index (κ1) is 21.8. The van der Waals surface area contributed by atoms with Crippen LogP contribution in [0.25, 0.3) is 0 Å². The number of aryl methyl sites for hydroxylation is 1. The minimum Gasteiger partial charge on any atom is -0.330 e. The Morgan fingerprint density at radius 2 is 2.25 bits per heavy atom. The molecule has 0 bridgehead atoms. The van der Waals surface area contributed by atoms with Crippen LogP contribution in [0, 0.1) is 18.8 Å². The lowest BCUT2D eigenvalue weighted by Crippen LogP contribution is -2.47. The molecule has 1 aromatic rings. The van der Waals surface area contributed by atoms with E-state index in [9.17, 15) is 19.6 Å².